The van der Waals surface area contributed by atoms with Crippen molar-refractivity contribution in [3.05, 3.63) is 83.7 Å². The summed E-state index contributed by atoms with van der Waals surface area (Å²) in [4.78, 5) is 30.6. The Labute approximate surface area is 167 Å². The molecule has 0 aliphatic carbocycles. The lowest BCUT2D eigenvalue weighted by Crippen LogP contribution is -2.43. The monoisotopic (exact) mass is 393 g/mol. The normalized spacial score (nSPS) is 12.9. The van der Waals surface area contributed by atoms with E-state index < -0.39 is 11.7 Å². The second kappa shape index (κ2) is 8.14. The average molecular weight is 393 g/mol. The maximum Gasteiger partial charge on any atom is 0.318 e. The van der Waals surface area contributed by atoms with Crippen molar-refractivity contribution in [3.8, 4) is 0 Å². The lowest BCUT2D eigenvalue weighted by molar-refractivity contribution is 0.102. The summed E-state index contributed by atoms with van der Waals surface area (Å²) in [5.41, 5.74) is 2.67. The molecule has 0 unspecified atom stereocenters. The molecule has 2 aromatic carbocycles. The van der Waals surface area contributed by atoms with E-state index in [0.717, 1.165) is 17.8 Å². The first kappa shape index (κ1) is 18.7. The van der Waals surface area contributed by atoms with Crippen molar-refractivity contribution < 1.29 is 14.0 Å². The third-order valence-corrected chi connectivity index (χ3v) is 4.76. The number of anilines is 1. The first-order valence-corrected chi connectivity index (χ1v) is 9.26. The number of benzene rings is 2. The van der Waals surface area contributed by atoms with Gasteiger partial charge in [-0.2, -0.15) is 0 Å². The van der Waals surface area contributed by atoms with Crippen LogP contribution in [0.4, 0.5) is 14.9 Å². The Hall–Kier alpha value is -3.68. The number of urea groups is 1. The van der Waals surface area contributed by atoms with Crippen molar-refractivity contribution in [2.75, 3.05) is 11.9 Å². The molecule has 0 bridgehead atoms. The quantitative estimate of drug-likeness (QED) is 0.715. The van der Waals surface area contributed by atoms with Gasteiger partial charge >= 0.3 is 6.03 Å². The molecular weight excluding hydrogens is 373 g/mol. The molecule has 0 spiro atoms. The van der Waals surface area contributed by atoms with Crippen LogP contribution in [0, 0.1) is 5.82 Å². The van der Waals surface area contributed by atoms with E-state index in [1.54, 1.807) is 41.7 Å². The maximum absolute atomic E-state index is 13.3. The number of fused-ring (bicyclic) bond motifs is 1. The Bertz CT molecular complexity index is 1050. The van der Waals surface area contributed by atoms with Crippen LogP contribution in [0.3, 0.4) is 0 Å². The zero-order valence-electron chi connectivity index (χ0n) is 15.6. The highest BCUT2D eigenvalue weighted by Crippen LogP contribution is 2.14. The van der Waals surface area contributed by atoms with Gasteiger partial charge in [0.05, 0.1) is 18.6 Å². The highest BCUT2D eigenvalue weighted by molar-refractivity contribution is 6.04. The molecule has 0 saturated carbocycles. The van der Waals surface area contributed by atoms with Gasteiger partial charge in [0.15, 0.2) is 0 Å². The van der Waals surface area contributed by atoms with Crippen LogP contribution in [-0.2, 0) is 19.6 Å². The third kappa shape index (κ3) is 4.43. The summed E-state index contributed by atoms with van der Waals surface area (Å²) in [6.07, 6.45) is 3.54. The van der Waals surface area contributed by atoms with E-state index in [4.69, 9.17) is 0 Å². The highest BCUT2D eigenvalue weighted by Gasteiger charge is 2.20. The van der Waals surface area contributed by atoms with Crippen molar-refractivity contribution in [1.29, 1.82) is 0 Å². The van der Waals surface area contributed by atoms with Crippen LogP contribution in [0.2, 0.25) is 0 Å². The molecule has 7 nitrogen and oxygen atoms in total. The zero-order chi connectivity index (χ0) is 20.2. The van der Waals surface area contributed by atoms with E-state index in [1.165, 1.54) is 18.2 Å². The number of nitrogens with one attached hydrogen (secondary N) is 2. The molecular formula is C21H20FN5O2. The van der Waals surface area contributed by atoms with Gasteiger partial charge in [-0.25, -0.2) is 14.2 Å². The van der Waals surface area contributed by atoms with Gasteiger partial charge in [0.1, 0.15) is 5.82 Å². The molecule has 2 heterocycles. The first-order valence-electron chi connectivity index (χ1n) is 9.26. The van der Waals surface area contributed by atoms with Gasteiger partial charge in [-0.3, -0.25) is 4.79 Å². The first-order chi connectivity index (χ1) is 14.1. The van der Waals surface area contributed by atoms with Crippen LogP contribution < -0.4 is 10.6 Å². The number of aromatic nitrogens is 2. The van der Waals surface area contributed by atoms with Crippen LogP contribution in [0.25, 0.3) is 0 Å². The van der Waals surface area contributed by atoms with Gasteiger partial charge in [0.25, 0.3) is 5.91 Å². The number of rotatable bonds is 4. The molecule has 3 aromatic rings. The number of nitrogens with zero attached hydrogens (tertiary/aromatic N) is 3. The Morgan fingerprint density at radius 2 is 1.97 bits per heavy atom. The van der Waals surface area contributed by atoms with Crippen molar-refractivity contribution in [3.63, 3.8) is 0 Å². The van der Waals surface area contributed by atoms with Gasteiger partial charge in [-0.05, 0) is 35.9 Å². The van der Waals surface area contributed by atoms with Crippen LogP contribution in [0.15, 0.2) is 61.1 Å². The molecule has 2 N–H and O–H groups in total. The number of carbonyl (C=O) groups is 2. The Morgan fingerprint density at radius 1 is 1.10 bits per heavy atom. The summed E-state index contributed by atoms with van der Waals surface area (Å²) in [6.45, 7) is 2.21. The summed E-state index contributed by atoms with van der Waals surface area (Å²) in [6, 6.07) is 12.5. The van der Waals surface area contributed by atoms with E-state index >= 15 is 0 Å². The lowest BCUT2D eigenvalue weighted by Gasteiger charge is -2.28. The summed E-state index contributed by atoms with van der Waals surface area (Å²) in [5.74, 6) is -0.856. The van der Waals surface area contributed by atoms with Crippen molar-refractivity contribution >= 4 is 17.6 Å². The van der Waals surface area contributed by atoms with Gasteiger partial charge in [-0.15, -0.1) is 0 Å². The van der Waals surface area contributed by atoms with E-state index in [9.17, 15) is 14.0 Å². The minimum atomic E-state index is -0.463. The van der Waals surface area contributed by atoms with Crippen molar-refractivity contribution in [2.24, 2.45) is 0 Å². The Balaban J connectivity index is 1.34. The molecule has 1 aromatic heterocycles. The van der Waals surface area contributed by atoms with Gasteiger partial charge in [0.2, 0.25) is 0 Å². The maximum atomic E-state index is 13.3. The predicted octanol–water partition coefficient (Wildman–Crippen LogP) is 3.00. The number of imidazole rings is 1. The molecule has 3 amide bonds. The van der Waals surface area contributed by atoms with E-state index in [0.29, 0.717) is 25.3 Å². The number of hydrogen-bond acceptors (Lipinski definition) is 3. The van der Waals surface area contributed by atoms with Gasteiger partial charge in [-0.1, -0.05) is 18.2 Å². The molecule has 1 aliphatic rings. The highest BCUT2D eigenvalue weighted by atomic mass is 19.1. The summed E-state index contributed by atoms with van der Waals surface area (Å²) >= 11 is 0. The second-order valence-electron chi connectivity index (χ2n) is 6.82. The molecule has 0 fully saturated rings. The number of hydrogen-bond donors (Lipinski definition) is 2. The standard InChI is InChI=1S/C21H20FN5O2/c22-17-5-2-4-16(10-17)20(28)25-18-6-1-3-15(9-18)11-24-21(29)26-7-8-27-14-23-12-19(27)13-26/h1-6,9-10,12,14H,7-8,11,13H2,(H,24,29)(H,25,28). The lowest BCUT2D eigenvalue weighted by atomic mass is 10.1. The summed E-state index contributed by atoms with van der Waals surface area (Å²) < 4.78 is 15.3. The smallest absolute Gasteiger partial charge is 0.318 e. The average Bonchev–Trinajstić information content (AvgIpc) is 3.20. The summed E-state index contributed by atoms with van der Waals surface area (Å²) in [5, 5.41) is 5.65. The molecule has 29 heavy (non-hydrogen) atoms. The number of halogens is 1. The number of amides is 3. The largest absolute Gasteiger partial charge is 0.334 e. The molecule has 8 heteroatoms. The summed E-state index contributed by atoms with van der Waals surface area (Å²) in [7, 11) is 0. The molecule has 1 aliphatic heterocycles. The van der Waals surface area contributed by atoms with Crippen LogP contribution >= 0.6 is 0 Å². The molecule has 0 saturated heterocycles. The zero-order valence-corrected chi connectivity index (χ0v) is 15.6. The predicted molar refractivity (Wildman–Crippen MR) is 106 cm³/mol. The molecule has 148 valence electrons. The van der Waals surface area contributed by atoms with Crippen molar-refractivity contribution in [2.45, 2.75) is 19.6 Å². The number of carbonyl (C=O) groups excluding carboxylic acids is 2. The fourth-order valence-electron chi connectivity index (χ4n) is 3.24. The van der Waals surface area contributed by atoms with E-state index in [-0.39, 0.29) is 11.6 Å². The minimum absolute atomic E-state index is 0.147. The van der Waals surface area contributed by atoms with Gasteiger partial charge in [0, 0.05) is 37.1 Å². The van der Waals surface area contributed by atoms with Crippen LogP contribution in [0.1, 0.15) is 21.6 Å². The fraction of sp³-hybridized carbons (Fsp3) is 0.190. The van der Waals surface area contributed by atoms with E-state index in [1.807, 2.05) is 10.6 Å². The van der Waals surface area contributed by atoms with Gasteiger partial charge < -0.3 is 20.1 Å². The third-order valence-electron chi connectivity index (χ3n) is 4.76. The van der Waals surface area contributed by atoms with Crippen molar-refractivity contribution in [1.82, 2.24) is 19.8 Å². The molecule has 0 atom stereocenters. The SMILES string of the molecule is O=C(Nc1cccc(CNC(=O)N2CCn3cncc3C2)c1)c1cccc(F)c1. The Morgan fingerprint density at radius 3 is 2.83 bits per heavy atom. The second-order valence-corrected chi connectivity index (χ2v) is 6.82. The Kier molecular flexibility index (Phi) is 5.24. The van der Waals surface area contributed by atoms with Crippen LogP contribution in [0.5, 0.6) is 0 Å². The van der Waals surface area contributed by atoms with Crippen LogP contribution in [-0.4, -0.2) is 32.9 Å². The molecule has 4 rings (SSSR count). The molecule has 0 radical (unpaired) electrons. The topological polar surface area (TPSA) is 79.3 Å². The van der Waals surface area contributed by atoms with E-state index in [2.05, 4.69) is 15.6 Å². The fourth-order valence-corrected chi connectivity index (χ4v) is 3.24. The minimum Gasteiger partial charge on any atom is -0.334 e.